The number of halogens is 1. The Hall–Kier alpha value is -3.98. The van der Waals surface area contributed by atoms with E-state index in [0.717, 1.165) is 24.8 Å². The van der Waals surface area contributed by atoms with Gasteiger partial charge in [-0.25, -0.2) is 19.2 Å². The Morgan fingerprint density at radius 1 is 1.17 bits per heavy atom. The van der Waals surface area contributed by atoms with E-state index in [-0.39, 0.29) is 24.5 Å². The quantitative estimate of drug-likeness (QED) is 0.331. The van der Waals surface area contributed by atoms with Gasteiger partial charge in [0.25, 0.3) is 0 Å². The normalized spacial score (nSPS) is 17.7. The average molecular weight is 492 g/mol. The number of furan rings is 1. The van der Waals surface area contributed by atoms with Gasteiger partial charge in [-0.2, -0.15) is 0 Å². The van der Waals surface area contributed by atoms with Crippen LogP contribution in [0.3, 0.4) is 0 Å². The number of ether oxygens (including phenoxy) is 2. The Morgan fingerprint density at radius 3 is 2.75 bits per heavy atom. The molecule has 2 aromatic carbocycles. The third kappa shape index (κ3) is 4.87. The van der Waals surface area contributed by atoms with E-state index < -0.39 is 11.8 Å². The molecule has 0 aliphatic heterocycles. The molecule has 0 bridgehead atoms. The number of hydrogen-bond acceptors (Lipinski definition) is 7. The van der Waals surface area contributed by atoms with E-state index in [0.29, 0.717) is 40.2 Å². The van der Waals surface area contributed by atoms with Crippen LogP contribution in [-0.2, 0) is 9.53 Å². The number of nitrogens with zero attached hydrogens (tertiary/aromatic N) is 2. The highest BCUT2D eigenvalue weighted by Gasteiger charge is 2.27. The van der Waals surface area contributed by atoms with Crippen LogP contribution in [0, 0.1) is 5.82 Å². The lowest BCUT2D eigenvalue weighted by molar-refractivity contribution is -0.145. The Kier molecular flexibility index (Phi) is 6.81. The molecule has 0 saturated heterocycles. The topological polar surface area (TPSA) is 107 Å². The van der Waals surface area contributed by atoms with E-state index >= 15 is 0 Å². The first-order valence-electron chi connectivity index (χ1n) is 11.8. The maximum atomic E-state index is 14.8. The predicted molar refractivity (Wildman–Crippen MR) is 132 cm³/mol. The number of rotatable bonds is 8. The first-order chi connectivity index (χ1) is 17.5. The highest BCUT2D eigenvalue weighted by Crippen LogP contribution is 2.43. The van der Waals surface area contributed by atoms with E-state index in [1.165, 1.54) is 19.5 Å². The van der Waals surface area contributed by atoms with Crippen LogP contribution < -0.4 is 10.1 Å². The van der Waals surface area contributed by atoms with Crippen molar-refractivity contribution >= 4 is 22.9 Å². The molecule has 1 aliphatic rings. The summed E-state index contributed by atoms with van der Waals surface area (Å²) in [6, 6.07) is 14.4. The number of aliphatic carboxylic acids is 1. The summed E-state index contributed by atoms with van der Waals surface area (Å²) < 4.78 is 31.6. The van der Waals surface area contributed by atoms with E-state index in [1.54, 1.807) is 12.1 Å². The smallest absolute Gasteiger partial charge is 0.329 e. The molecular weight excluding hydrogens is 465 g/mol. The molecule has 0 unspecified atom stereocenters. The van der Waals surface area contributed by atoms with Gasteiger partial charge in [0.2, 0.25) is 5.71 Å². The molecular formula is C27H26FN3O5. The lowest BCUT2D eigenvalue weighted by atomic mass is 9.92. The largest absolute Gasteiger partial charge is 0.494 e. The Bertz CT molecular complexity index is 1370. The van der Waals surface area contributed by atoms with Crippen LogP contribution in [0.2, 0.25) is 0 Å². The Balaban J connectivity index is 1.57. The number of fused-ring (bicyclic) bond motifs is 1. The van der Waals surface area contributed by atoms with Crippen LogP contribution in [0.25, 0.3) is 33.6 Å². The number of hydrogen-bond donors (Lipinski definition) is 2. The average Bonchev–Trinajstić information content (AvgIpc) is 3.29. The zero-order valence-electron chi connectivity index (χ0n) is 19.7. The fraction of sp³-hybridized carbons (Fsp3) is 0.296. The Labute approximate surface area is 207 Å². The molecule has 2 heterocycles. The SMILES string of the molecule is COc1ccc(-c2c(-c3ccccc3)oc3ncnc(N[C@H]4CCC[C@H](OCC(=O)O)C4)c23)cc1F. The fourth-order valence-electron chi connectivity index (χ4n) is 4.74. The number of benzene rings is 2. The molecule has 4 aromatic rings. The van der Waals surface area contributed by atoms with Crippen molar-refractivity contribution in [2.75, 3.05) is 19.0 Å². The number of carboxylic acid groups (broad SMARTS) is 1. The number of carboxylic acids is 1. The third-order valence-corrected chi connectivity index (χ3v) is 6.37. The minimum atomic E-state index is -0.981. The zero-order chi connectivity index (χ0) is 25.1. The molecule has 186 valence electrons. The van der Waals surface area contributed by atoms with Gasteiger partial charge in [0.1, 0.15) is 24.5 Å². The summed E-state index contributed by atoms with van der Waals surface area (Å²) in [5, 5.41) is 13.1. The minimum absolute atomic E-state index is 0.0196. The molecule has 9 heteroatoms. The van der Waals surface area contributed by atoms with Gasteiger partial charge < -0.3 is 24.3 Å². The number of anilines is 1. The molecule has 2 aromatic heterocycles. The molecule has 0 amide bonds. The van der Waals surface area contributed by atoms with Crippen LogP contribution in [0.4, 0.5) is 10.2 Å². The minimum Gasteiger partial charge on any atom is -0.494 e. The molecule has 36 heavy (non-hydrogen) atoms. The summed E-state index contributed by atoms with van der Waals surface area (Å²) in [4.78, 5) is 19.8. The first-order valence-corrected chi connectivity index (χ1v) is 11.8. The second-order valence-corrected chi connectivity index (χ2v) is 8.76. The van der Waals surface area contributed by atoms with Crippen molar-refractivity contribution in [2.45, 2.75) is 37.8 Å². The van der Waals surface area contributed by atoms with Crippen molar-refractivity contribution in [2.24, 2.45) is 0 Å². The van der Waals surface area contributed by atoms with E-state index in [2.05, 4.69) is 15.3 Å². The Morgan fingerprint density at radius 2 is 2.00 bits per heavy atom. The van der Waals surface area contributed by atoms with E-state index in [9.17, 15) is 9.18 Å². The maximum absolute atomic E-state index is 14.8. The lowest BCUT2D eigenvalue weighted by Gasteiger charge is -2.29. The summed E-state index contributed by atoms with van der Waals surface area (Å²) in [5.41, 5.74) is 2.49. The van der Waals surface area contributed by atoms with Gasteiger partial charge in [0, 0.05) is 17.2 Å². The maximum Gasteiger partial charge on any atom is 0.329 e. The molecule has 2 N–H and O–H groups in total. The molecule has 8 nitrogen and oxygen atoms in total. The second-order valence-electron chi connectivity index (χ2n) is 8.76. The summed E-state index contributed by atoms with van der Waals surface area (Å²) in [6.45, 7) is -0.315. The number of carbonyl (C=O) groups is 1. The van der Waals surface area contributed by atoms with Crippen LogP contribution in [-0.4, -0.2) is 46.9 Å². The van der Waals surface area contributed by atoms with Crippen molar-refractivity contribution in [1.29, 1.82) is 0 Å². The molecule has 2 atom stereocenters. The number of methoxy groups -OCH3 is 1. The molecule has 0 radical (unpaired) electrons. The van der Waals surface area contributed by atoms with Crippen LogP contribution in [0.5, 0.6) is 5.75 Å². The van der Waals surface area contributed by atoms with Crippen molar-refractivity contribution in [1.82, 2.24) is 9.97 Å². The molecule has 1 aliphatic carbocycles. The zero-order valence-corrected chi connectivity index (χ0v) is 19.7. The van der Waals surface area contributed by atoms with Gasteiger partial charge in [-0.05, 0) is 43.4 Å². The second kappa shape index (κ2) is 10.3. The van der Waals surface area contributed by atoms with Gasteiger partial charge in [-0.15, -0.1) is 0 Å². The van der Waals surface area contributed by atoms with Gasteiger partial charge in [-0.3, -0.25) is 0 Å². The van der Waals surface area contributed by atoms with Crippen molar-refractivity contribution in [3.63, 3.8) is 0 Å². The van der Waals surface area contributed by atoms with E-state index in [1.807, 2.05) is 30.3 Å². The molecule has 0 spiro atoms. The van der Waals surface area contributed by atoms with Crippen molar-refractivity contribution < 1.29 is 28.2 Å². The number of aromatic nitrogens is 2. The summed E-state index contributed by atoms with van der Waals surface area (Å²) >= 11 is 0. The predicted octanol–water partition coefficient (Wildman–Crippen LogP) is 5.53. The van der Waals surface area contributed by atoms with Crippen LogP contribution in [0.1, 0.15) is 25.7 Å². The summed E-state index contributed by atoms with van der Waals surface area (Å²) in [6.07, 6.45) is 4.52. The van der Waals surface area contributed by atoms with Crippen molar-refractivity contribution in [3.8, 4) is 28.2 Å². The highest BCUT2D eigenvalue weighted by atomic mass is 19.1. The lowest BCUT2D eigenvalue weighted by Crippen LogP contribution is -2.33. The summed E-state index contributed by atoms with van der Waals surface area (Å²) in [7, 11) is 1.42. The molecule has 5 rings (SSSR count). The van der Waals surface area contributed by atoms with Crippen LogP contribution in [0.15, 0.2) is 59.3 Å². The third-order valence-electron chi connectivity index (χ3n) is 6.37. The highest BCUT2D eigenvalue weighted by molar-refractivity contribution is 6.06. The standard InChI is InChI=1S/C27H26FN3O5/c1-34-21-11-10-17(12-20(21)28)23-24-26(31-18-8-5-9-19(13-18)35-14-22(32)33)29-15-30-27(24)36-25(23)16-6-3-2-4-7-16/h2-4,6-7,10-12,15,18-19H,5,8-9,13-14H2,1H3,(H,32,33)(H,29,30,31)/t18-,19-/m0/s1. The molecule has 1 saturated carbocycles. The monoisotopic (exact) mass is 491 g/mol. The van der Waals surface area contributed by atoms with Crippen molar-refractivity contribution in [3.05, 3.63) is 60.7 Å². The fourth-order valence-corrected chi connectivity index (χ4v) is 4.74. The summed E-state index contributed by atoms with van der Waals surface area (Å²) in [5.74, 6) is -0.186. The number of nitrogens with one attached hydrogen (secondary N) is 1. The first kappa shape index (κ1) is 23.7. The van der Waals surface area contributed by atoms with Crippen LogP contribution >= 0.6 is 0 Å². The molecule has 1 fully saturated rings. The van der Waals surface area contributed by atoms with Gasteiger partial charge in [0.05, 0.1) is 18.6 Å². The van der Waals surface area contributed by atoms with Gasteiger partial charge >= 0.3 is 5.97 Å². The van der Waals surface area contributed by atoms with E-state index in [4.69, 9.17) is 19.0 Å². The van der Waals surface area contributed by atoms with Gasteiger partial charge in [0.15, 0.2) is 11.6 Å². The van der Waals surface area contributed by atoms with Gasteiger partial charge in [-0.1, -0.05) is 36.4 Å².